The number of nitrogens with zero attached hydrogens (tertiary/aromatic N) is 3. The first kappa shape index (κ1) is 17.7. The fourth-order valence-corrected chi connectivity index (χ4v) is 2.47. The fourth-order valence-electron chi connectivity index (χ4n) is 2.47. The quantitative estimate of drug-likeness (QED) is 0.733. The standard InChI is InChI=1S/C18H19FN4O3/c1-11(15-8-20-23(3)12(15)2)21-18(24)16-9-26-17(22-16)10-25-14-6-4-5-13(19)7-14/h4-9,11H,10H2,1-3H3,(H,21,24)/t11-/m1/s1. The van der Waals surface area contributed by atoms with Gasteiger partial charge in [-0.2, -0.15) is 5.10 Å². The van der Waals surface area contributed by atoms with Gasteiger partial charge in [0.1, 0.15) is 17.8 Å². The average molecular weight is 358 g/mol. The lowest BCUT2D eigenvalue weighted by atomic mass is 10.1. The molecule has 26 heavy (non-hydrogen) atoms. The highest BCUT2D eigenvalue weighted by Gasteiger charge is 2.18. The molecule has 0 aliphatic rings. The molecule has 3 aromatic rings. The summed E-state index contributed by atoms with van der Waals surface area (Å²) in [5.41, 5.74) is 2.05. The van der Waals surface area contributed by atoms with Crippen molar-refractivity contribution in [3.8, 4) is 5.75 Å². The van der Waals surface area contributed by atoms with Crippen molar-refractivity contribution in [2.24, 2.45) is 7.05 Å². The van der Waals surface area contributed by atoms with Crippen LogP contribution in [0.15, 0.2) is 41.1 Å². The molecule has 8 heteroatoms. The van der Waals surface area contributed by atoms with Crippen molar-refractivity contribution in [3.05, 3.63) is 65.4 Å². The summed E-state index contributed by atoms with van der Waals surface area (Å²) in [5.74, 6) is -0.171. The number of ether oxygens (including phenoxy) is 1. The maximum Gasteiger partial charge on any atom is 0.273 e. The van der Waals surface area contributed by atoms with Crippen molar-refractivity contribution < 1.29 is 18.3 Å². The van der Waals surface area contributed by atoms with Gasteiger partial charge in [-0.05, 0) is 26.0 Å². The Bertz CT molecular complexity index is 919. The Morgan fingerprint density at radius 1 is 1.46 bits per heavy atom. The number of carbonyl (C=O) groups excluding carboxylic acids is 1. The van der Waals surface area contributed by atoms with E-state index in [1.807, 2.05) is 20.9 Å². The first-order valence-corrected chi connectivity index (χ1v) is 8.06. The molecule has 7 nitrogen and oxygen atoms in total. The van der Waals surface area contributed by atoms with Crippen LogP contribution >= 0.6 is 0 Å². The molecular formula is C18H19FN4O3. The van der Waals surface area contributed by atoms with Gasteiger partial charge in [0.2, 0.25) is 5.89 Å². The van der Waals surface area contributed by atoms with E-state index in [9.17, 15) is 9.18 Å². The summed E-state index contributed by atoms with van der Waals surface area (Å²) in [6.07, 6.45) is 2.99. The van der Waals surface area contributed by atoms with E-state index < -0.39 is 5.82 Å². The van der Waals surface area contributed by atoms with Gasteiger partial charge in [0.05, 0.1) is 12.2 Å². The number of halogens is 1. The molecule has 3 rings (SSSR count). The molecule has 1 aromatic carbocycles. The highest BCUT2D eigenvalue weighted by Crippen LogP contribution is 2.17. The normalized spacial score (nSPS) is 12.0. The van der Waals surface area contributed by atoms with Gasteiger partial charge in [-0.1, -0.05) is 6.07 Å². The molecule has 1 amide bonds. The zero-order valence-electron chi connectivity index (χ0n) is 14.7. The minimum atomic E-state index is -0.394. The van der Waals surface area contributed by atoms with Crippen molar-refractivity contribution in [3.63, 3.8) is 0 Å². The molecule has 1 N–H and O–H groups in total. The van der Waals surface area contributed by atoms with Crippen LogP contribution in [0.3, 0.4) is 0 Å². The first-order chi connectivity index (χ1) is 12.4. The van der Waals surface area contributed by atoms with Crippen LogP contribution in [-0.2, 0) is 13.7 Å². The van der Waals surface area contributed by atoms with Crippen molar-refractivity contribution in [2.45, 2.75) is 26.5 Å². The molecule has 0 aliphatic heterocycles. The Hall–Kier alpha value is -3.16. The smallest absolute Gasteiger partial charge is 0.273 e. The Kier molecular flexibility index (Phi) is 5.01. The molecule has 0 fully saturated rings. The van der Waals surface area contributed by atoms with Crippen LogP contribution in [0, 0.1) is 12.7 Å². The van der Waals surface area contributed by atoms with E-state index in [0.717, 1.165) is 11.3 Å². The predicted octanol–water partition coefficient (Wildman–Crippen LogP) is 2.93. The third-order valence-corrected chi connectivity index (χ3v) is 4.03. The topological polar surface area (TPSA) is 82.2 Å². The molecule has 0 aliphatic carbocycles. The molecule has 2 heterocycles. The van der Waals surface area contributed by atoms with Crippen molar-refractivity contribution in [1.82, 2.24) is 20.1 Å². The highest BCUT2D eigenvalue weighted by atomic mass is 19.1. The van der Waals surface area contributed by atoms with E-state index in [4.69, 9.17) is 9.15 Å². The summed E-state index contributed by atoms with van der Waals surface area (Å²) >= 11 is 0. The zero-order valence-corrected chi connectivity index (χ0v) is 14.7. The summed E-state index contributed by atoms with van der Waals surface area (Å²) < 4.78 is 25.5. The van der Waals surface area contributed by atoms with Gasteiger partial charge in [-0.15, -0.1) is 0 Å². The molecule has 0 bridgehead atoms. The lowest BCUT2D eigenvalue weighted by molar-refractivity contribution is 0.0934. The lowest BCUT2D eigenvalue weighted by Gasteiger charge is -2.12. The molecular weight excluding hydrogens is 339 g/mol. The van der Waals surface area contributed by atoms with Gasteiger partial charge in [0.25, 0.3) is 5.91 Å². The number of nitrogens with one attached hydrogen (secondary N) is 1. The number of benzene rings is 1. The maximum atomic E-state index is 13.1. The Labute approximate surface area is 149 Å². The van der Waals surface area contributed by atoms with Gasteiger partial charge >= 0.3 is 0 Å². The molecule has 0 saturated heterocycles. The summed E-state index contributed by atoms with van der Waals surface area (Å²) in [5, 5.41) is 7.02. The fraction of sp³-hybridized carbons (Fsp3) is 0.278. The summed E-state index contributed by atoms with van der Waals surface area (Å²) in [6.45, 7) is 3.80. The number of oxazole rings is 1. The number of hydrogen-bond donors (Lipinski definition) is 1. The number of aryl methyl sites for hydroxylation is 1. The van der Waals surface area contributed by atoms with E-state index >= 15 is 0 Å². The molecule has 0 saturated carbocycles. The highest BCUT2D eigenvalue weighted by molar-refractivity contribution is 5.92. The minimum Gasteiger partial charge on any atom is -0.484 e. The molecule has 0 spiro atoms. The van der Waals surface area contributed by atoms with Crippen LogP contribution < -0.4 is 10.1 Å². The Morgan fingerprint density at radius 2 is 2.27 bits per heavy atom. The van der Waals surface area contributed by atoms with Crippen LogP contribution in [0.25, 0.3) is 0 Å². The van der Waals surface area contributed by atoms with Crippen molar-refractivity contribution in [1.29, 1.82) is 0 Å². The van der Waals surface area contributed by atoms with E-state index in [0.29, 0.717) is 5.75 Å². The van der Waals surface area contributed by atoms with Gasteiger partial charge < -0.3 is 14.5 Å². The Balaban J connectivity index is 1.60. The van der Waals surface area contributed by atoms with E-state index in [-0.39, 0.29) is 30.1 Å². The molecule has 2 aromatic heterocycles. The second-order valence-electron chi connectivity index (χ2n) is 5.88. The third kappa shape index (κ3) is 3.90. The second-order valence-corrected chi connectivity index (χ2v) is 5.88. The zero-order chi connectivity index (χ0) is 18.7. The summed E-state index contributed by atoms with van der Waals surface area (Å²) in [4.78, 5) is 16.4. The van der Waals surface area contributed by atoms with Crippen LogP contribution in [0.1, 0.15) is 40.6 Å². The van der Waals surface area contributed by atoms with Gasteiger partial charge in [0.15, 0.2) is 12.3 Å². The van der Waals surface area contributed by atoms with Gasteiger partial charge in [-0.25, -0.2) is 9.37 Å². The van der Waals surface area contributed by atoms with Crippen molar-refractivity contribution in [2.75, 3.05) is 0 Å². The van der Waals surface area contributed by atoms with Crippen molar-refractivity contribution >= 4 is 5.91 Å². The average Bonchev–Trinajstić information content (AvgIpc) is 3.21. The van der Waals surface area contributed by atoms with Crippen LogP contribution in [0.5, 0.6) is 5.75 Å². The molecule has 0 radical (unpaired) electrons. The number of hydrogen-bond acceptors (Lipinski definition) is 5. The van der Waals surface area contributed by atoms with Crippen LogP contribution in [-0.4, -0.2) is 20.7 Å². The van der Waals surface area contributed by atoms with Gasteiger partial charge in [0, 0.05) is 24.4 Å². The Morgan fingerprint density at radius 3 is 2.96 bits per heavy atom. The van der Waals surface area contributed by atoms with E-state index in [1.165, 1.54) is 18.4 Å². The SMILES string of the molecule is Cc1c([C@@H](C)NC(=O)c2coc(COc3cccc(F)c3)n2)cnn1C. The maximum absolute atomic E-state index is 13.1. The second kappa shape index (κ2) is 7.38. The summed E-state index contributed by atoms with van der Waals surface area (Å²) in [6, 6.07) is 5.53. The number of amides is 1. The largest absolute Gasteiger partial charge is 0.484 e. The number of rotatable bonds is 6. The first-order valence-electron chi connectivity index (χ1n) is 8.06. The number of carbonyl (C=O) groups is 1. The molecule has 1 atom stereocenters. The lowest BCUT2D eigenvalue weighted by Crippen LogP contribution is -2.27. The molecule has 136 valence electrons. The third-order valence-electron chi connectivity index (χ3n) is 4.03. The molecule has 0 unspecified atom stereocenters. The van der Waals surface area contributed by atoms with E-state index in [1.54, 1.807) is 23.0 Å². The van der Waals surface area contributed by atoms with Crippen LogP contribution in [0.2, 0.25) is 0 Å². The predicted molar refractivity (Wildman–Crippen MR) is 91.1 cm³/mol. The number of aromatic nitrogens is 3. The monoisotopic (exact) mass is 358 g/mol. The van der Waals surface area contributed by atoms with Gasteiger partial charge in [-0.3, -0.25) is 9.48 Å². The van der Waals surface area contributed by atoms with E-state index in [2.05, 4.69) is 15.4 Å². The van der Waals surface area contributed by atoms with Crippen LogP contribution in [0.4, 0.5) is 4.39 Å². The summed E-state index contributed by atoms with van der Waals surface area (Å²) in [7, 11) is 1.84. The minimum absolute atomic E-state index is 0.00595.